The summed E-state index contributed by atoms with van der Waals surface area (Å²) in [5.74, 6) is 0.852. The highest BCUT2D eigenvalue weighted by molar-refractivity contribution is 7.80. The second-order valence-corrected chi connectivity index (χ2v) is 1.47. The van der Waals surface area contributed by atoms with Crippen molar-refractivity contribution >= 4 is 12.6 Å². The number of hydrogen-bond donors (Lipinski definition) is 0. The van der Waals surface area contributed by atoms with Crippen LogP contribution in [0.4, 0.5) is 0 Å². The van der Waals surface area contributed by atoms with Crippen molar-refractivity contribution < 1.29 is 0 Å². The number of rotatable bonds is 2. The molecule has 0 aromatic heterocycles. The van der Waals surface area contributed by atoms with E-state index in [0.717, 1.165) is 12.2 Å². The summed E-state index contributed by atoms with van der Waals surface area (Å²) in [5.41, 5.74) is 0. The van der Waals surface area contributed by atoms with Crippen LogP contribution in [0.25, 0.3) is 0 Å². The Morgan fingerprint density at radius 2 is 2.33 bits per heavy atom. The first kappa shape index (κ1) is 6.09. The minimum absolute atomic E-state index is 0.852. The van der Waals surface area contributed by atoms with Gasteiger partial charge in [-0.05, 0) is 13.3 Å². The van der Waals surface area contributed by atoms with Crippen molar-refractivity contribution in [3.05, 3.63) is 12.2 Å². The zero-order valence-electron chi connectivity index (χ0n) is 3.98. The third kappa shape index (κ3) is 4.09. The van der Waals surface area contributed by atoms with Crippen LogP contribution in [0.5, 0.6) is 0 Å². The largest absolute Gasteiger partial charge is 0.0938 e. The van der Waals surface area contributed by atoms with E-state index in [9.17, 15) is 0 Å². The van der Waals surface area contributed by atoms with Crippen molar-refractivity contribution in [1.29, 1.82) is 0 Å². The molecule has 0 amide bonds. The van der Waals surface area contributed by atoms with Gasteiger partial charge in [0.15, 0.2) is 0 Å². The maximum absolute atomic E-state index is 4.67. The molecule has 0 saturated carbocycles. The van der Waals surface area contributed by atoms with Gasteiger partial charge in [-0.1, -0.05) is 24.8 Å². The van der Waals surface area contributed by atoms with Crippen LogP contribution in [0, 0.1) is 0 Å². The van der Waals surface area contributed by atoms with Crippen LogP contribution in [-0.4, -0.2) is 5.75 Å². The van der Waals surface area contributed by atoms with Gasteiger partial charge in [0.05, 0.1) is 0 Å². The van der Waals surface area contributed by atoms with Crippen molar-refractivity contribution in [2.45, 2.75) is 13.3 Å². The molecule has 1 radical (unpaired) electrons. The van der Waals surface area contributed by atoms with E-state index < -0.39 is 0 Å². The lowest BCUT2D eigenvalue weighted by atomic mass is 10.4. The van der Waals surface area contributed by atoms with Crippen molar-refractivity contribution in [2.24, 2.45) is 0 Å². The van der Waals surface area contributed by atoms with Gasteiger partial charge in [0.2, 0.25) is 0 Å². The standard InChI is InChI=1S/C5H9S/c1-2-3-4-5-6/h2-3H,4-5H2,1H3/b3-2+. The van der Waals surface area contributed by atoms with E-state index in [0.29, 0.717) is 0 Å². The van der Waals surface area contributed by atoms with Crippen LogP contribution in [0.15, 0.2) is 12.2 Å². The molecule has 0 aromatic carbocycles. The molecule has 0 nitrogen and oxygen atoms in total. The quantitative estimate of drug-likeness (QED) is 0.467. The number of hydrogen-bond acceptors (Lipinski definition) is 0. The van der Waals surface area contributed by atoms with Crippen molar-refractivity contribution in [1.82, 2.24) is 0 Å². The molecule has 0 bridgehead atoms. The van der Waals surface area contributed by atoms with Gasteiger partial charge < -0.3 is 0 Å². The Labute approximate surface area is 44.7 Å². The molecule has 0 aliphatic carbocycles. The summed E-state index contributed by atoms with van der Waals surface area (Å²) in [7, 11) is 0. The lowest BCUT2D eigenvalue weighted by Gasteiger charge is -1.74. The zero-order chi connectivity index (χ0) is 4.83. The second kappa shape index (κ2) is 5.09. The SMILES string of the molecule is C/C=C/CC[S]. The predicted octanol–water partition coefficient (Wildman–Crippen LogP) is 2.15. The molecule has 6 heavy (non-hydrogen) atoms. The zero-order valence-corrected chi connectivity index (χ0v) is 4.79. The van der Waals surface area contributed by atoms with E-state index in [-0.39, 0.29) is 0 Å². The van der Waals surface area contributed by atoms with Gasteiger partial charge in [-0.25, -0.2) is 0 Å². The van der Waals surface area contributed by atoms with E-state index in [4.69, 9.17) is 0 Å². The van der Waals surface area contributed by atoms with E-state index in [2.05, 4.69) is 18.7 Å². The van der Waals surface area contributed by atoms with Gasteiger partial charge in [-0.2, -0.15) is 0 Å². The summed E-state index contributed by atoms with van der Waals surface area (Å²) in [5, 5.41) is 0. The summed E-state index contributed by atoms with van der Waals surface area (Å²) in [6, 6.07) is 0. The molecule has 0 heterocycles. The van der Waals surface area contributed by atoms with Crippen molar-refractivity contribution in [3.8, 4) is 0 Å². The normalized spacial score (nSPS) is 10.3. The first-order valence-corrected chi connectivity index (χ1v) is 2.68. The van der Waals surface area contributed by atoms with Crippen molar-refractivity contribution in [2.75, 3.05) is 5.75 Å². The molecule has 0 N–H and O–H groups in total. The predicted molar refractivity (Wildman–Crippen MR) is 31.9 cm³/mol. The molecule has 1 heteroatoms. The molecule has 0 rings (SSSR count). The first-order chi connectivity index (χ1) is 2.91. The fraction of sp³-hybridized carbons (Fsp3) is 0.600. The maximum Gasteiger partial charge on any atom is 0.00715 e. The summed E-state index contributed by atoms with van der Waals surface area (Å²) in [4.78, 5) is 0. The summed E-state index contributed by atoms with van der Waals surface area (Å²) in [6.07, 6.45) is 5.14. The third-order valence-corrected chi connectivity index (χ3v) is 0.756. The van der Waals surface area contributed by atoms with E-state index in [1.165, 1.54) is 0 Å². The fourth-order valence-corrected chi connectivity index (χ4v) is 0.371. The maximum atomic E-state index is 4.67. The van der Waals surface area contributed by atoms with Crippen LogP contribution in [0.1, 0.15) is 13.3 Å². The van der Waals surface area contributed by atoms with E-state index >= 15 is 0 Å². The Balaban J connectivity index is 2.66. The monoisotopic (exact) mass is 101 g/mol. The van der Waals surface area contributed by atoms with Gasteiger partial charge in [-0.3, -0.25) is 0 Å². The molecule has 0 saturated heterocycles. The van der Waals surface area contributed by atoms with Crippen LogP contribution >= 0.6 is 12.6 Å². The highest BCUT2D eigenvalue weighted by Crippen LogP contribution is 1.83. The van der Waals surface area contributed by atoms with Crippen LogP contribution in [0.3, 0.4) is 0 Å². The molecular weight excluding hydrogens is 92.1 g/mol. The molecule has 35 valence electrons. The minimum Gasteiger partial charge on any atom is -0.0938 e. The fourth-order valence-electron chi connectivity index (χ4n) is 0.235. The molecule has 0 aliphatic heterocycles. The lowest BCUT2D eigenvalue weighted by molar-refractivity contribution is 1.25. The second-order valence-electron chi connectivity index (χ2n) is 1.06. The summed E-state index contributed by atoms with van der Waals surface area (Å²) < 4.78 is 0. The lowest BCUT2D eigenvalue weighted by Crippen LogP contribution is -1.62. The van der Waals surface area contributed by atoms with Crippen LogP contribution in [0.2, 0.25) is 0 Å². The van der Waals surface area contributed by atoms with E-state index in [1.807, 2.05) is 13.0 Å². The summed E-state index contributed by atoms with van der Waals surface area (Å²) >= 11 is 4.67. The Hall–Kier alpha value is 0.0900. The highest BCUT2D eigenvalue weighted by atomic mass is 32.1. The van der Waals surface area contributed by atoms with Gasteiger partial charge >= 0.3 is 0 Å². The molecule has 0 aliphatic rings. The molecule has 0 spiro atoms. The topological polar surface area (TPSA) is 0 Å². The Kier molecular flexibility index (Phi) is 5.17. The van der Waals surface area contributed by atoms with Crippen molar-refractivity contribution in [3.63, 3.8) is 0 Å². The molecule has 0 fully saturated rings. The van der Waals surface area contributed by atoms with Crippen LogP contribution < -0.4 is 0 Å². The molecule has 0 atom stereocenters. The smallest absolute Gasteiger partial charge is 0.00715 e. The van der Waals surface area contributed by atoms with Crippen LogP contribution in [-0.2, 0) is 0 Å². The average Bonchev–Trinajstić information content (AvgIpc) is 1.61. The average molecular weight is 101 g/mol. The Morgan fingerprint density at radius 1 is 1.67 bits per heavy atom. The van der Waals surface area contributed by atoms with E-state index in [1.54, 1.807) is 0 Å². The molecule has 0 unspecified atom stereocenters. The van der Waals surface area contributed by atoms with Gasteiger partial charge in [-0.15, -0.1) is 0 Å². The third-order valence-electron chi connectivity index (χ3n) is 0.520. The Bertz CT molecular complexity index is 39.2. The number of allylic oxidation sites excluding steroid dienone is 2. The molecular formula is C5H9S. The first-order valence-electron chi connectivity index (χ1n) is 2.11. The van der Waals surface area contributed by atoms with Gasteiger partial charge in [0.1, 0.15) is 0 Å². The Morgan fingerprint density at radius 3 is 2.50 bits per heavy atom. The highest BCUT2D eigenvalue weighted by Gasteiger charge is 1.66. The minimum atomic E-state index is 0.852. The van der Waals surface area contributed by atoms with Gasteiger partial charge in [0, 0.05) is 5.75 Å². The van der Waals surface area contributed by atoms with Gasteiger partial charge in [0.25, 0.3) is 0 Å². The summed E-state index contributed by atoms with van der Waals surface area (Å²) in [6.45, 7) is 2.00. The molecule has 0 aromatic rings.